The lowest BCUT2D eigenvalue weighted by Crippen LogP contribution is -1.77. The van der Waals surface area contributed by atoms with Gasteiger partial charge in [-0.1, -0.05) is 12.1 Å². The first-order valence-corrected chi connectivity index (χ1v) is 5.37. The van der Waals surface area contributed by atoms with Crippen LogP contribution in [0.15, 0.2) is 46.9 Å². The molecule has 0 saturated heterocycles. The van der Waals surface area contributed by atoms with Gasteiger partial charge in [0.25, 0.3) is 0 Å². The number of nitriles is 1. The van der Waals surface area contributed by atoms with Crippen molar-refractivity contribution >= 4 is 11.1 Å². The molecule has 18 heavy (non-hydrogen) atoms. The molecule has 0 unspecified atom stereocenters. The van der Waals surface area contributed by atoms with Crippen molar-refractivity contribution in [1.29, 1.82) is 5.26 Å². The van der Waals surface area contributed by atoms with Crippen LogP contribution in [0.2, 0.25) is 0 Å². The number of aromatic hydroxyl groups is 1. The first-order valence-electron chi connectivity index (χ1n) is 5.37. The number of aromatic nitrogens is 1. The lowest BCUT2D eigenvalue weighted by molar-refractivity contribution is 0.474. The van der Waals surface area contributed by atoms with E-state index in [1.54, 1.807) is 42.5 Å². The molecule has 2 aromatic carbocycles. The number of rotatable bonds is 1. The van der Waals surface area contributed by atoms with Crippen LogP contribution in [0.25, 0.3) is 22.6 Å². The van der Waals surface area contributed by atoms with Crippen molar-refractivity contribution in [1.82, 2.24) is 4.98 Å². The topological polar surface area (TPSA) is 70.0 Å². The number of fused-ring (bicyclic) bond motifs is 1. The smallest absolute Gasteiger partial charge is 0.231 e. The molecule has 0 aliphatic rings. The maximum Gasteiger partial charge on any atom is 0.231 e. The van der Waals surface area contributed by atoms with Crippen molar-refractivity contribution in [3.8, 4) is 23.3 Å². The van der Waals surface area contributed by atoms with Crippen LogP contribution < -0.4 is 0 Å². The number of hydrogen-bond donors (Lipinski definition) is 1. The van der Waals surface area contributed by atoms with E-state index in [1.807, 2.05) is 6.07 Å². The van der Waals surface area contributed by atoms with E-state index < -0.39 is 0 Å². The predicted molar refractivity (Wildman–Crippen MR) is 65.8 cm³/mol. The largest absolute Gasteiger partial charge is 0.507 e. The standard InChI is InChI=1S/C14H8N2O2/c15-8-9-5-6-11-13(7-9)18-14(16-11)10-3-1-2-4-12(10)17/h1-7,17H. The van der Waals surface area contributed by atoms with Gasteiger partial charge in [0.05, 0.1) is 17.2 Å². The molecule has 0 aliphatic heterocycles. The molecule has 0 aliphatic carbocycles. The summed E-state index contributed by atoms with van der Waals surface area (Å²) in [6.07, 6.45) is 0. The van der Waals surface area contributed by atoms with E-state index in [9.17, 15) is 5.11 Å². The lowest BCUT2D eigenvalue weighted by Gasteiger charge is -1.97. The molecule has 0 atom stereocenters. The van der Waals surface area contributed by atoms with Crippen LogP contribution in [-0.2, 0) is 0 Å². The minimum Gasteiger partial charge on any atom is -0.507 e. The first-order chi connectivity index (χ1) is 8.78. The third kappa shape index (κ3) is 1.59. The van der Waals surface area contributed by atoms with Gasteiger partial charge in [-0.05, 0) is 24.3 Å². The Labute approximate surface area is 103 Å². The fourth-order valence-corrected chi connectivity index (χ4v) is 1.76. The van der Waals surface area contributed by atoms with Crippen molar-refractivity contribution in [2.45, 2.75) is 0 Å². The van der Waals surface area contributed by atoms with E-state index in [0.717, 1.165) is 0 Å². The van der Waals surface area contributed by atoms with E-state index in [4.69, 9.17) is 9.68 Å². The highest BCUT2D eigenvalue weighted by molar-refractivity contribution is 5.78. The Morgan fingerprint density at radius 2 is 2.00 bits per heavy atom. The molecule has 1 heterocycles. The number of para-hydroxylation sites is 1. The zero-order chi connectivity index (χ0) is 12.5. The summed E-state index contributed by atoms with van der Waals surface area (Å²) in [7, 11) is 0. The second kappa shape index (κ2) is 3.90. The van der Waals surface area contributed by atoms with E-state index >= 15 is 0 Å². The molecule has 3 rings (SSSR count). The van der Waals surface area contributed by atoms with E-state index in [0.29, 0.717) is 28.1 Å². The normalized spacial score (nSPS) is 10.4. The van der Waals surface area contributed by atoms with Gasteiger partial charge in [-0.3, -0.25) is 0 Å². The SMILES string of the molecule is N#Cc1ccc2nc(-c3ccccc3O)oc2c1. The van der Waals surface area contributed by atoms with Crippen LogP contribution in [0.3, 0.4) is 0 Å². The van der Waals surface area contributed by atoms with Crippen molar-refractivity contribution in [2.75, 3.05) is 0 Å². The molecule has 4 heteroatoms. The molecule has 86 valence electrons. The fraction of sp³-hybridized carbons (Fsp3) is 0. The maximum absolute atomic E-state index is 9.74. The molecule has 3 aromatic rings. The summed E-state index contributed by atoms with van der Waals surface area (Å²) in [5, 5.41) is 18.6. The molecule has 0 fully saturated rings. The van der Waals surface area contributed by atoms with Gasteiger partial charge in [0.1, 0.15) is 11.3 Å². The van der Waals surface area contributed by atoms with E-state index in [2.05, 4.69) is 4.98 Å². The molecular formula is C14H8N2O2. The molecule has 0 saturated carbocycles. The highest BCUT2D eigenvalue weighted by atomic mass is 16.3. The number of benzene rings is 2. The van der Waals surface area contributed by atoms with Gasteiger partial charge in [0, 0.05) is 6.07 Å². The number of hydrogen-bond acceptors (Lipinski definition) is 4. The maximum atomic E-state index is 9.74. The highest BCUT2D eigenvalue weighted by Crippen LogP contribution is 2.30. The zero-order valence-corrected chi connectivity index (χ0v) is 9.29. The second-order valence-corrected chi connectivity index (χ2v) is 3.83. The molecule has 1 N–H and O–H groups in total. The van der Waals surface area contributed by atoms with Crippen LogP contribution in [0.4, 0.5) is 0 Å². The molecular weight excluding hydrogens is 228 g/mol. The molecule has 4 nitrogen and oxygen atoms in total. The molecule has 0 radical (unpaired) electrons. The Kier molecular flexibility index (Phi) is 2.24. The quantitative estimate of drug-likeness (QED) is 0.704. The van der Waals surface area contributed by atoms with Gasteiger partial charge in [0.15, 0.2) is 5.58 Å². The Balaban J connectivity index is 2.20. The molecule has 0 spiro atoms. The van der Waals surface area contributed by atoms with Gasteiger partial charge in [0.2, 0.25) is 5.89 Å². The highest BCUT2D eigenvalue weighted by Gasteiger charge is 2.11. The Bertz CT molecular complexity index is 769. The summed E-state index contributed by atoms with van der Waals surface area (Å²) < 4.78 is 5.56. The number of oxazole rings is 1. The van der Waals surface area contributed by atoms with Gasteiger partial charge >= 0.3 is 0 Å². The van der Waals surface area contributed by atoms with E-state index in [1.165, 1.54) is 0 Å². The molecule has 0 bridgehead atoms. The van der Waals surface area contributed by atoms with Crippen molar-refractivity contribution in [3.63, 3.8) is 0 Å². The van der Waals surface area contributed by atoms with Gasteiger partial charge in [-0.2, -0.15) is 5.26 Å². The summed E-state index contributed by atoms with van der Waals surface area (Å²) in [5.74, 6) is 0.461. The summed E-state index contributed by atoms with van der Waals surface area (Å²) in [6, 6.07) is 13.9. The van der Waals surface area contributed by atoms with Crippen LogP contribution in [0, 0.1) is 11.3 Å². The van der Waals surface area contributed by atoms with Crippen LogP contribution in [0.5, 0.6) is 5.75 Å². The Morgan fingerprint density at radius 1 is 1.17 bits per heavy atom. The fourth-order valence-electron chi connectivity index (χ4n) is 1.76. The number of phenolic OH excluding ortho intramolecular Hbond substituents is 1. The van der Waals surface area contributed by atoms with Crippen molar-refractivity contribution in [2.24, 2.45) is 0 Å². The average molecular weight is 236 g/mol. The minimum absolute atomic E-state index is 0.115. The summed E-state index contributed by atoms with van der Waals surface area (Å²) >= 11 is 0. The Hall–Kier alpha value is -2.80. The molecule has 0 amide bonds. The minimum atomic E-state index is 0.115. The van der Waals surface area contributed by atoms with Crippen molar-refractivity contribution in [3.05, 3.63) is 48.0 Å². The first kappa shape index (κ1) is 10.4. The van der Waals surface area contributed by atoms with E-state index in [-0.39, 0.29) is 5.75 Å². The number of phenols is 1. The van der Waals surface area contributed by atoms with Gasteiger partial charge < -0.3 is 9.52 Å². The average Bonchev–Trinajstić information content (AvgIpc) is 2.81. The van der Waals surface area contributed by atoms with Crippen LogP contribution in [0.1, 0.15) is 5.56 Å². The zero-order valence-electron chi connectivity index (χ0n) is 9.29. The van der Waals surface area contributed by atoms with Gasteiger partial charge in [-0.25, -0.2) is 4.98 Å². The van der Waals surface area contributed by atoms with Crippen LogP contribution >= 0.6 is 0 Å². The monoisotopic (exact) mass is 236 g/mol. The molecule has 1 aromatic heterocycles. The third-order valence-electron chi connectivity index (χ3n) is 2.65. The third-order valence-corrected chi connectivity index (χ3v) is 2.65. The summed E-state index contributed by atoms with van der Waals surface area (Å²) in [5.41, 5.74) is 2.24. The van der Waals surface area contributed by atoms with Crippen LogP contribution in [-0.4, -0.2) is 10.1 Å². The predicted octanol–water partition coefficient (Wildman–Crippen LogP) is 3.07. The Morgan fingerprint density at radius 3 is 2.78 bits per heavy atom. The van der Waals surface area contributed by atoms with Gasteiger partial charge in [-0.15, -0.1) is 0 Å². The second-order valence-electron chi connectivity index (χ2n) is 3.83. The summed E-state index contributed by atoms with van der Waals surface area (Å²) in [6.45, 7) is 0. The summed E-state index contributed by atoms with van der Waals surface area (Å²) in [4.78, 5) is 4.28. The lowest BCUT2D eigenvalue weighted by atomic mass is 10.2. The van der Waals surface area contributed by atoms with Crippen molar-refractivity contribution < 1.29 is 9.52 Å². The number of nitrogens with zero attached hydrogens (tertiary/aromatic N) is 2.